The number of carboxylic acids is 1. The number of carbonyl (C=O) groups is 1. The number of aromatic carboxylic acids is 1. The van der Waals surface area contributed by atoms with Gasteiger partial charge in [0, 0.05) is 18.1 Å². The van der Waals surface area contributed by atoms with Crippen molar-refractivity contribution in [1.82, 2.24) is 4.98 Å². The van der Waals surface area contributed by atoms with Gasteiger partial charge in [-0.1, -0.05) is 59.3 Å². The Labute approximate surface area is 182 Å². The zero-order valence-electron chi connectivity index (χ0n) is 15.9. The molecule has 0 spiro atoms. The van der Waals surface area contributed by atoms with Crippen molar-refractivity contribution in [1.29, 1.82) is 0 Å². The largest absolute Gasteiger partial charge is 0.478 e. The molecule has 7 heteroatoms. The topological polar surface area (TPSA) is 53.4 Å². The summed E-state index contributed by atoms with van der Waals surface area (Å²) in [6.45, 7) is 1.15. The van der Waals surface area contributed by atoms with Gasteiger partial charge in [-0.15, -0.1) is 0 Å². The first-order valence-corrected chi connectivity index (χ1v) is 10.6. The van der Waals surface area contributed by atoms with Crippen LogP contribution in [0.2, 0.25) is 5.02 Å². The van der Waals surface area contributed by atoms with Gasteiger partial charge in [-0.05, 0) is 47.9 Å². The Morgan fingerprint density at radius 2 is 1.83 bits per heavy atom. The van der Waals surface area contributed by atoms with Crippen LogP contribution in [0.25, 0.3) is 10.2 Å². The molecule has 0 fully saturated rings. The van der Waals surface area contributed by atoms with Crippen molar-refractivity contribution in [3.8, 4) is 0 Å². The minimum atomic E-state index is -0.959. The number of thiazole rings is 1. The molecule has 1 N–H and O–H groups in total. The fraction of sp³-hybridized carbons (Fsp3) is 0.130. The third-order valence-electron chi connectivity index (χ3n) is 4.81. The van der Waals surface area contributed by atoms with E-state index in [0.29, 0.717) is 39.9 Å². The molecule has 0 saturated heterocycles. The molecule has 152 valence electrons. The normalized spacial score (nSPS) is 11.0. The molecule has 0 aliphatic heterocycles. The van der Waals surface area contributed by atoms with E-state index in [1.54, 1.807) is 36.4 Å². The number of halogens is 2. The Kier molecular flexibility index (Phi) is 5.97. The van der Waals surface area contributed by atoms with Gasteiger partial charge in [-0.2, -0.15) is 0 Å². The van der Waals surface area contributed by atoms with Crippen LogP contribution in [0.3, 0.4) is 0 Å². The van der Waals surface area contributed by atoms with Crippen LogP contribution < -0.4 is 4.90 Å². The average Bonchev–Trinajstić information content (AvgIpc) is 3.18. The monoisotopic (exact) mass is 440 g/mol. The second-order valence-electron chi connectivity index (χ2n) is 6.85. The first-order chi connectivity index (χ1) is 14.5. The summed E-state index contributed by atoms with van der Waals surface area (Å²) < 4.78 is 14.7. The van der Waals surface area contributed by atoms with Gasteiger partial charge in [-0.3, -0.25) is 0 Å². The van der Waals surface area contributed by atoms with Crippen LogP contribution in [0.5, 0.6) is 0 Å². The van der Waals surface area contributed by atoms with Crippen LogP contribution in [0.1, 0.15) is 21.5 Å². The maximum atomic E-state index is 14.2. The lowest BCUT2D eigenvalue weighted by atomic mass is 10.1. The van der Waals surface area contributed by atoms with Gasteiger partial charge < -0.3 is 10.0 Å². The Balaban J connectivity index is 1.63. The lowest BCUT2D eigenvalue weighted by molar-refractivity contribution is 0.0697. The van der Waals surface area contributed by atoms with Crippen LogP contribution in [0.15, 0.2) is 66.7 Å². The third-order valence-corrected chi connectivity index (χ3v) is 6.32. The number of anilines is 1. The molecule has 0 radical (unpaired) electrons. The van der Waals surface area contributed by atoms with Gasteiger partial charge in [0.05, 0.1) is 15.8 Å². The Hall–Kier alpha value is -2.96. The van der Waals surface area contributed by atoms with Gasteiger partial charge in [0.2, 0.25) is 0 Å². The summed E-state index contributed by atoms with van der Waals surface area (Å²) in [7, 11) is 0. The van der Waals surface area contributed by atoms with Crippen molar-refractivity contribution in [3.05, 3.63) is 94.3 Å². The second kappa shape index (κ2) is 8.81. The van der Waals surface area contributed by atoms with Crippen LogP contribution in [-0.4, -0.2) is 22.6 Å². The summed E-state index contributed by atoms with van der Waals surface area (Å²) in [5, 5.41) is 10.5. The van der Waals surface area contributed by atoms with E-state index in [1.165, 1.54) is 17.4 Å². The molecule has 4 rings (SSSR count). The Bertz CT molecular complexity index is 1190. The lowest BCUT2D eigenvalue weighted by Gasteiger charge is -2.22. The molecule has 1 heterocycles. The summed E-state index contributed by atoms with van der Waals surface area (Å²) in [6, 6.07) is 19.3. The molecule has 0 unspecified atom stereocenters. The SMILES string of the molecule is O=C(O)c1ccc(CN(CCc2ccccc2Cl)c2nc3cccc(F)c3s2)cc1. The van der Waals surface area contributed by atoms with E-state index in [2.05, 4.69) is 9.88 Å². The number of aromatic nitrogens is 1. The minimum Gasteiger partial charge on any atom is -0.478 e. The summed E-state index contributed by atoms with van der Waals surface area (Å²) in [5.74, 6) is -1.24. The Morgan fingerprint density at radius 1 is 1.07 bits per heavy atom. The van der Waals surface area contributed by atoms with Crippen LogP contribution in [0.4, 0.5) is 9.52 Å². The van der Waals surface area contributed by atoms with E-state index in [9.17, 15) is 9.18 Å². The van der Waals surface area contributed by atoms with Gasteiger partial charge in [0.15, 0.2) is 5.13 Å². The standard InChI is InChI=1S/C23H18ClFN2O2S/c24-18-5-2-1-4-16(18)12-13-27(14-15-8-10-17(11-9-15)22(28)29)23-26-20-7-3-6-19(25)21(20)30-23/h1-11H,12-14H2,(H,28,29). The van der Waals surface area contributed by atoms with Crippen molar-refractivity contribution in [2.45, 2.75) is 13.0 Å². The summed E-state index contributed by atoms with van der Waals surface area (Å²) in [4.78, 5) is 17.8. The average molecular weight is 441 g/mol. The van der Waals surface area contributed by atoms with Crippen LogP contribution in [-0.2, 0) is 13.0 Å². The number of hydrogen-bond acceptors (Lipinski definition) is 4. The molecule has 0 aliphatic rings. The van der Waals surface area contributed by atoms with Crippen molar-refractivity contribution < 1.29 is 14.3 Å². The summed E-state index contributed by atoms with van der Waals surface area (Å²) in [5.41, 5.74) is 2.83. The summed E-state index contributed by atoms with van der Waals surface area (Å²) >= 11 is 7.62. The number of hydrogen-bond donors (Lipinski definition) is 1. The van der Waals surface area contributed by atoms with E-state index in [4.69, 9.17) is 16.7 Å². The molecule has 1 aromatic heterocycles. The fourth-order valence-electron chi connectivity index (χ4n) is 3.21. The van der Waals surface area contributed by atoms with Crippen molar-refractivity contribution in [2.24, 2.45) is 0 Å². The first kappa shape index (κ1) is 20.3. The number of carboxylic acid groups (broad SMARTS) is 1. The number of fused-ring (bicyclic) bond motifs is 1. The predicted octanol–water partition coefficient (Wildman–Crippen LogP) is 6.04. The molecule has 4 nitrogen and oxygen atoms in total. The number of nitrogens with zero attached hydrogens (tertiary/aromatic N) is 2. The maximum Gasteiger partial charge on any atom is 0.335 e. The zero-order valence-corrected chi connectivity index (χ0v) is 17.5. The first-order valence-electron chi connectivity index (χ1n) is 9.37. The summed E-state index contributed by atoms with van der Waals surface area (Å²) in [6.07, 6.45) is 0.700. The van der Waals surface area contributed by atoms with E-state index < -0.39 is 5.97 Å². The third kappa shape index (κ3) is 4.45. The molecule has 4 aromatic rings. The molecule has 0 aliphatic carbocycles. The van der Waals surface area contributed by atoms with Crippen LogP contribution in [0, 0.1) is 5.82 Å². The highest BCUT2D eigenvalue weighted by atomic mass is 35.5. The highest BCUT2D eigenvalue weighted by Crippen LogP contribution is 2.32. The van der Waals surface area contributed by atoms with Gasteiger partial charge in [-0.25, -0.2) is 14.2 Å². The van der Waals surface area contributed by atoms with Crippen molar-refractivity contribution in [3.63, 3.8) is 0 Å². The molecule has 3 aromatic carbocycles. The van der Waals surface area contributed by atoms with Crippen LogP contribution >= 0.6 is 22.9 Å². The molecule has 0 bridgehead atoms. The molecule has 30 heavy (non-hydrogen) atoms. The molecular formula is C23H18ClFN2O2S. The Morgan fingerprint density at radius 3 is 2.53 bits per heavy atom. The van der Waals surface area contributed by atoms with E-state index in [0.717, 1.165) is 11.1 Å². The van der Waals surface area contributed by atoms with Crippen molar-refractivity contribution >= 4 is 44.3 Å². The molecule has 0 saturated carbocycles. The number of benzene rings is 3. The van der Waals surface area contributed by atoms with Crippen molar-refractivity contribution in [2.75, 3.05) is 11.4 Å². The quantitative estimate of drug-likeness (QED) is 0.381. The second-order valence-corrected chi connectivity index (χ2v) is 8.23. The van der Waals surface area contributed by atoms with Gasteiger partial charge in [0.1, 0.15) is 5.82 Å². The van der Waals surface area contributed by atoms with E-state index in [-0.39, 0.29) is 11.4 Å². The van der Waals surface area contributed by atoms with E-state index >= 15 is 0 Å². The minimum absolute atomic E-state index is 0.239. The fourth-order valence-corrected chi connectivity index (χ4v) is 4.44. The number of rotatable bonds is 7. The maximum absolute atomic E-state index is 14.2. The zero-order chi connectivity index (χ0) is 21.1. The molecular weight excluding hydrogens is 423 g/mol. The molecule has 0 amide bonds. The lowest BCUT2D eigenvalue weighted by Crippen LogP contribution is -2.25. The highest BCUT2D eigenvalue weighted by Gasteiger charge is 2.16. The van der Waals surface area contributed by atoms with E-state index in [1.807, 2.05) is 24.3 Å². The smallest absolute Gasteiger partial charge is 0.335 e. The predicted molar refractivity (Wildman–Crippen MR) is 119 cm³/mol. The molecule has 0 atom stereocenters. The van der Waals surface area contributed by atoms with Gasteiger partial charge >= 0.3 is 5.97 Å². The van der Waals surface area contributed by atoms with Gasteiger partial charge in [0.25, 0.3) is 0 Å². The highest BCUT2D eigenvalue weighted by molar-refractivity contribution is 7.22.